The molecule has 0 saturated carbocycles. The van der Waals surface area contributed by atoms with Gasteiger partial charge >= 0.3 is 5.97 Å². The molecule has 0 fully saturated rings. The summed E-state index contributed by atoms with van der Waals surface area (Å²) in [5.41, 5.74) is 0.680. The summed E-state index contributed by atoms with van der Waals surface area (Å²) in [4.78, 5) is 24.3. The third kappa shape index (κ3) is 3.74. The number of hydrogen-bond acceptors (Lipinski definition) is 6. The van der Waals surface area contributed by atoms with Gasteiger partial charge in [-0.25, -0.2) is 4.79 Å². The summed E-state index contributed by atoms with van der Waals surface area (Å²) in [7, 11) is 3.15. The molecule has 2 aromatic rings. The second-order valence-corrected chi connectivity index (χ2v) is 5.94. The molecule has 24 heavy (non-hydrogen) atoms. The number of esters is 1. The second-order valence-electron chi connectivity index (χ2n) is 4.91. The molecule has 0 unspecified atom stereocenters. The number of rotatable bonds is 5. The van der Waals surface area contributed by atoms with E-state index in [9.17, 15) is 14.7 Å². The van der Waals surface area contributed by atoms with Crippen molar-refractivity contribution in [3.8, 4) is 5.75 Å². The number of methoxy groups -OCH3 is 1. The quantitative estimate of drug-likeness (QED) is 0.769. The highest BCUT2D eigenvalue weighted by molar-refractivity contribution is 7.07. The van der Waals surface area contributed by atoms with Gasteiger partial charge in [-0.05, 0) is 30.7 Å². The molecule has 128 valence electrons. The first-order valence-corrected chi connectivity index (χ1v) is 8.16. The number of nitrogens with zero attached hydrogens (tertiary/aromatic N) is 1. The van der Waals surface area contributed by atoms with Crippen LogP contribution in [0, 0.1) is 0 Å². The van der Waals surface area contributed by atoms with Crippen molar-refractivity contribution in [2.45, 2.75) is 6.92 Å². The predicted molar refractivity (Wildman–Crippen MR) is 92.5 cm³/mol. The number of benzene rings is 1. The smallest absolute Gasteiger partial charge is 0.339 e. The fraction of sp³-hybridized carbons (Fsp3) is 0.294. The normalized spacial score (nSPS) is 12.9. The predicted octanol–water partition coefficient (Wildman–Crippen LogP) is -0.00970. The molecule has 1 N–H and O–H groups in total. The van der Waals surface area contributed by atoms with Crippen LogP contribution in [-0.4, -0.2) is 36.0 Å². The number of thiazole rings is 1. The summed E-state index contributed by atoms with van der Waals surface area (Å²) in [6, 6.07) is 7.27. The molecule has 0 aliphatic carbocycles. The molecule has 1 aromatic carbocycles. The number of aromatic nitrogens is 1. The van der Waals surface area contributed by atoms with Crippen LogP contribution in [-0.2, 0) is 16.6 Å². The second kappa shape index (κ2) is 7.94. The summed E-state index contributed by atoms with van der Waals surface area (Å²) < 4.78 is 12.2. The molecule has 0 saturated heterocycles. The maximum absolute atomic E-state index is 12.4. The lowest BCUT2D eigenvalue weighted by Crippen LogP contribution is -2.31. The van der Waals surface area contributed by atoms with Crippen molar-refractivity contribution in [2.24, 2.45) is 7.05 Å². The van der Waals surface area contributed by atoms with Crippen molar-refractivity contribution in [3.05, 3.63) is 49.4 Å². The molecule has 0 aliphatic heterocycles. The number of aliphatic hydroxyl groups excluding tert-OH is 1. The van der Waals surface area contributed by atoms with Crippen molar-refractivity contribution in [1.82, 2.24) is 4.57 Å². The Balaban J connectivity index is 2.60. The van der Waals surface area contributed by atoms with Gasteiger partial charge in [-0.2, -0.15) is 0 Å². The lowest BCUT2D eigenvalue weighted by molar-refractivity contribution is -0.136. The number of carbonyl (C=O) groups is 1. The number of hydrogen-bond donors (Lipinski definition) is 1. The van der Waals surface area contributed by atoms with Crippen molar-refractivity contribution < 1.29 is 19.4 Å². The molecule has 0 bridgehead atoms. The van der Waals surface area contributed by atoms with Gasteiger partial charge < -0.3 is 19.1 Å². The lowest BCUT2D eigenvalue weighted by Gasteiger charge is -2.02. The first-order chi connectivity index (χ1) is 11.5. The number of ether oxygens (including phenoxy) is 2. The van der Waals surface area contributed by atoms with Crippen LogP contribution < -0.4 is 19.5 Å². The van der Waals surface area contributed by atoms with E-state index < -0.39 is 12.6 Å². The van der Waals surface area contributed by atoms with Gasteiger partial charge in [0, 0.05) is 7.05 Å². The van der Waals surface area contributed by atoms with E-state index in [2.05, 4.69) is 0 Å². The fourth-order valence-corrected chi connectivity index (χ4v) is 3.24. The van der Waals surface area contributed by atoms with E-state index in [4.69, 9.17) is 9.47 Å². The van der Waals surface area contributed by atoms with Crippen LogP contribution in [0.15, 0.2) is 29.1 Å². The largest absolute Gasteiger partial charge is 0.497 e. The molecule has 0 spiro atoms. The Bertz CT molecular complexity index is 893. The third-order valence-electron chi connectivity index (χ3n) is 3.38. The van der Waals surface area contributed by atoms with Gasteiger partial charge in [0.15, 0.2) is 0 Å². The molecule has 0 amide bonds. The summed E-state index contributed by atoms with van der Waals surface area (Å²) in [5, 5.41) is 9.48. The van der Waals surface area contributed by atoms with Gasteiger partial charge in [0.2, 0.25) is 0 Å². The molecule has 7 heteroatoms. The van der Waals surface area contributed by atoms with E-state index in [0.29, 0.717) is 9.20 Å². The number of carbonyl (C=O) groups excluding carboxylic acids is 1. The molecule has 0 radical (unpaired) electrons. The topological polar surface area (TPSA) is 77.8 Å². The van der Waals surface area contributed by atoms with Crippen LogP contribution in [0.4, 0.5) is 0 Å². The molecule has 2 rings (SSSR count). The van der Waals surface area contributed by atoms with E-state index in [0.717, 1.165) is 22.6 Å². The fourth-order valence-electron chi connectivity index (χ4n) is 2.12. The standard InChI is InChI=1S/C17H19NO5S/c1-4-23-17(21)13(10-19)16-18(2)15(20)14(24-16)9-11-5-7-12(22-3)8-6-11/h5-9,19H,4,10H2,1-3H3/b14-9-,16-13-. The maximum Gasteiger partial charge on any atom is 0.339 e. The SMILES string of the molecule is CCOC(=O)/C(CO)=c1\s/c(=C\c2ccc(OC)cc2)c(=O)n1C. The highest BCUT2D eigenvalue weighted by atomic mass is 32.1. The van der Waals surface area contributed by atoms with Crippen molar-refractivity contribution in [3.63, 3.8) is 0 Å². The Morgan fingerprint density at radius 3 is 2.54 bits per heavy atom. The minimum atomic E-state index is -0.618. The zero-order chi connectivity index (χ0) is 17.7. The van der Waals surface area contributed by atoms with E-state index in [1.807, 2.05) is 12.1 Å². The van der Waals surface area contributed by atoms with Gasteiger partial charge in [0.05, 0.1) is 30.4 Å². The Labute approximate surface area is 142 Å². The van der Waals surface area contributed by atoms with Crippen molar-refractivity contribution in [2.75, 3.05) is 20.3 Å². The highest BCUT2D eigenvalue weighted by Crippen LogP contribution is 2.11. The van der Waals surface area contributed by atoms with Gasteiger partial charge in [-0.3, -0.25) is 4.79 Å². The van der Waals surface area contributed by atoms with Gasteiger partial charge in [-0.1, -0.05) is 12.1 Å². The van der Waals surface area contributed by atoms with Crippen LogP contribution in [0.25, 0.3) is 11.6 Å². The Hall–Kier alpha value is -2.38. The molecule has 0 aliphatic rings. The van der Waals surface area contributed by atoms with E-state index in [1.165, 1.54) is 4.57 Å². The van der Waals surface area contributed by atoms with Crippen LogP contribution in [0.5, 0.6) is 5.75 Å². The van der Waals surface area contributed by atoms with Crippen LogP contribution in [0.2, 0.25) is 0 Å². The first-order valence-electron chi connectivity index (χ1n) is 7.34. The average Bonchev–Trinajstić information content (AvgIpc) is 2.85. The maximum atomic E-state index is 12.4. The summed E-state index contributed by atoms with van der Waals surface area (Å²) in [6.45, 7) is 1.39. The average molecular weight is 349 g/mol. The molecular formula is C17H19NO5S. The minimum Gasteiger partial charge on any atom is -0.497 e. The third-order valence-corrected chi connectivity index (χ3v) is 4.60. The lowest BCUT2D eigenvalue weighted by atomic mass is 10.2. The van der Waals surface area contributed by atoms with E-state index in [1.54, 1.807) is 39.3 Å². The van der Waals surface area contributed by atoms with Crippen LogP contribution in [0.1, 0.15) is 12.5 Å². The van der Waals surface area contributed by atoms with E-state index in [-0.39, 0.29) is 17.7 Å². The van der Waals surface area contributed by atoms with Crippen molar-refractivity contribution in [1.29, 1.82) is 0 Å². The van der Waals surface area contributed by atoms with E-state index >= 15 is 0 Å². The van der Waals surface area contributed by atoms with Gasteiger partial charge in [0.25, 0.3) is 5.56 Å². The molecular weight excluding hydrogens is 330 g/mol. The summed E-state index contributed by atoms with van der Waals surface area (Å²) in [6.07, 6.45) is 1.73. The Morgan fingerprint density at radius 1 is 1.33 bits per heavy atom. The molecule has 6 nitrogen and oxygen atoms in total. The minimum absolute atomic E-state index is 0.0795. The highest BCUT2D eigenvalue weighted by Gasteiger charge is 2.14. The first kappa shape index (κ1) is 18.0. The van der Waals surface area contributed by atoms with Crippen molar-refractivity contribution >= 4 is 29.0 Å². The van der Waals surface area contributed by atoms with Gasteiger partial charge in [-0.15, -0.1) is 11.3 Å². The Kier molecular flexibility index (Phi) is 5.94. The summed E-state index contributed by atoms with van der Waals surface area (Å²) in [5.74, 6) is 0.109. The molecule has 0 atom stereocenters. The number of aliphatic hydroxyl groups is 1. The molecule has 1 heterocycles. The summed E-state index contributed by atoms with van der Waals surface area (Å²) >= 11 is 1.14. The Morgan fingerprint density at radius 2 is 2.00 bits per heavy atom. The zero-order valence-electron chi connectivity index (χ0n) is 13.7. The monoisotopic (exact) mass is 349 g/mol. The molecule has 1 aromatic heterocycles. The zero-order valence-corrected chi connectivity index (χ0v) is 14.6. The van der Waals surface area contributed by atoms with Crippen LogP contribution >= 0.6 is 11.3 Å². The van der Waals surface area contributed by atoms with Crippen LogP contribution in [0.3, 0.4) is 0 Å². The van der Waals surface area contributed by atoms with Gasteiger partial charge in [0.1, 0.15) is 10.4 Å².